The van der Waals surface area contributed by atoms with Crippen LogP contribution < -0.4 is 0 Å². The molecule has 0 radical (unpaired) electrons. The van der Waals surface area contributed by atoms with Crippen molar-refractivity contribution in [3.63, 3.8) is 0 Å². The van der Waals surface area contributed by atoms with Crippen LogP contribution in [-0.4, -0.2) is 17.4 Å². The van der Waals surface area contributed by atoms with Gasteiger partial charge in [-0.1, -0.05) is 30.3 Å². The number of hydrogen-bond donors (Lipinski definition) is 0. The van der Waals surface area contributed by atoms with Crippen molar-refractivity contribution >= 4 is 17.1 Å². The van der Waals surface area contributed by atoms with Gasteiger partial charge in [0.15, 0.2) is 0 Å². The van der Waals surface area contributed by atoms with E-state index < -0.39 is 0 Å². The number of benzene rings is 1. The number of nitrogens with zero attached hydrogens (tertiary/aromatic N) is 1. The van der Waals surface area contributed by atoms with Crippen LogP contribution in [0.4, 0.5) is 0 Å². The highest BCUT2D eigenvalue weighted by Crippen LogP contribution is 2.43. The third-order valence-electron chi connectivity index (χ3n) is 4.87. The van der Waals surface area contributed by atoms with E-state index in [4.69, 9.17) is 9.72 Å². The number of hydrogen-bond acceptors (Lipinski definition) is 4. The number of thiazole rings is 1. The van der Waals surface area contributed by atoms with Crippen LogP contribution in [0.15, 0.2) is 35.7 Å². The zero-order valence-corrected chi connectivity index (χ0v) is 14.0. The Hall–Kier alpha value is -1.52. The van der Waals surface area contributed by atoms with E-state index in [0.29, 0.717) is 18.6 Å². The molecule has 1 heterocycles. The summed E-state index contributed by atoms with van der Waals surface area (Å²) >= 11 is 1.68. The molecule has 0 atom stereocenters. The lowest BCUT2D eigenvalue weighted by Crippen LogP contribution is -2.35. The van der Waals surface area contributed by atoms with Gasteiger partial charge >= 0.3 is 0 Å². The summed E-state index contributed by atoms with van der Waals surface area (Å²) < 4.78 is 6.37. The summed E-state index contributed by atoms with van der Waals surface area (Å²) in [7, 11) is 0. The number of carbonyl (C=O) groups is 1. The number of rotatable bonds is 5. The SMILES string of the molecule is O=C1CCC(OCC2CC2)(c2nc(-c3ccccc3)cs2)CC1. The highest BCUT2D eigenvalue weighted by Gasteiger charge is 2.41. The Morgan fingerprint density at radius 3 is 2.61 bits per heavy atom. The summed E-state index contributed by atoms with van der Waals surface area (Å²) in [6.45, 7) is 0.814. The van der Waals surface area contributed by atoms with Gasteiger partial charge in [-0.25, -0.2) is 4.98 Å². The molecule has 0 bridgehead atoms. The van der Waals surface area contributed by atoms with Crippen LogP contribution >= 0.6 is 11.3 Å². The monoisotopic (exact) mass is 327 g/mol. The van der Waals surface area contributed by atoms with Crippen molar-refractivity contribution in [2.45, 2.75) is 44.1 Å². The fraction of sp³-hybridized carbons (Fsp3) is 0.474. The molecule has 2 saturated carbocycles. The normalized spacial score (nSPS) is 20.6. The van der Waals surface area contributed by atoms with Gasteiger partial charge in [-0.15, -0.1) is 11.3 Å². The zero-order chi connectivity index (χ0) is 15.7. The summed E-state index contributed by atoms with van der Waals surface area (Å²) in [5.74, 6) is 1.08. The Bertz CT molecular complexity index is 680. The van der Waals surface area contributed by atoms with Gasteiger partial charge in [-0.2, -0.15) is 0 Å². The molecule has 0 unspecified atom stereocenters. The fourth-order valence-electron chi connectivity index (χ4n) is 3.14. The molecule has 0 spiro atoms. The first kappa shape index (κ1) is 15.0. The van der Waals surface area contributed by atoms with E-state index in [1.807, 2.05) is 18.2 Å². The van der Waals surface area contributed by atoms with Crippen molar-refractivity contribution in [2.24, 2.45) is 5.92 Å². The van der Waals surface area contributed by atoms with Crippen LogP contribution in [0.25, 0.3) is 11.3 Å². The molecule has 4 heteroatoms. The van der Waals surface area contributed by atoms with Crippen LogP contribution in [0.2, 0.25) is 0 Å². The van der Waals surface area contributed by atoms with Crippen LogP contribution in [0.3, 0.4) is 0 Å². The summed E-state index contributed by atoms with van der Waals surface area (Å²) in [4.78, 5) is 16.6. The standard InChI is InChI=1S/C19H21NO2S/c21-16-8-10-19(11-9-16,22-12-14-6-7-14)18-20-17(13-23-18)15-4-2-1-3-5-15/h1-5,13-14H,6-12H2. The number of carbonyl (C=O) groups excluding carboxylic acids is 1. The summed E-state index contributed by atoms with van der Waals surface area (Å²) in [5.41, 5.74) is 1.81. The van der Waals surface area contributed by atoms with Gasteiger partial charge in [-0.05, 0) is 31.6 Å². The lowest BCUT2D eigenvalue weighted by molar-refractivity contribution is -0.131. The molecular formula is C19H21NO2S. The van der Waals surface area contributed by atoms with Crippen molar-refractivity contribution in [1.29, 1.82) is 0 Å². The highest BCUT2D eigenvalue weighted by atomic mass is 32.1. The van der Waals surface area contributed by atoms with Crippen molar-refractivity contribution in [1.82, 2.24) is 4.98 Å². The fourth-order valence-corrected chi connectivity index (χ4v) is 4.18. The molecule has 2 aromatic rings. The van der Waals surface area contributed by atoms with Crippen LogP contribution in [0.1, 0.15) is 43.5 Å². The third kappa shape index (κ3) is 3.24. The number of Topliss-reactive ketones (excluding diaryl/α,β-unsaturated/α-hetero) is 1. The maximum absolute atomic E-state index is 11.7. The maximum atomic E-state index is 11.7. The average Bonchev–Trinajstić information content (AvgIpc) is 3.29. The Kier molecular flexibility index (Phi) is 4.04. The van der Waals surface area contributed by atoms with Gasteiger partial charge in [0.1, 0.15) is 16.4 Å². The van der Waals surface area contributed by atoms with E-state index in [0.717, 1.165) is 41.6 Å². The summed E-state index contributed by atoms with van der Waals surface area (Å²) in [6, 6.07) is 10.3. The van der Waals surface area contributed by atoms with Gasteiger partial charge in [0.2, 0.25) is 0 Å². The molecule has 0 amide bonds. The van der Waals surface area contributed by atoms with Gasteiger partial charge in [0.05, 0.1) is 12.3 Å². The molecule has 4 rings (SSSR count). The van der Waals surface area contributed by atoms with Gasteiger partial charge in [-0.3, -0.25) is 4.79 Å². The van der Waals surface area contributed by atoms with E-state index in [1.54, 1.807) is 11.3 Å². The highest BCUT2D eigenvalue weighted by molar-refractivity contribution is 7.10. The minimum Gasteiger partial charge on any atom is -0.367 e. The van der Waals surface area contributed by atoms with Gasteiger partial charge < -0.3 is 4.74 Å². The average molecular weight is 327 g/mol. The first-order valence-corrected chi connectivity index (χ1v) is 9.30. The molecular weight excluding hydrogens is 306 g/mol. The Morgan fingerprint density at radius 2 is 1.91 bits per heavy atom. The van der Waals surface area contributed by atoms with E-state index in [1.165, 1.54) is 12.8 Å². The second-order valence-electron chi connectivity index (χ2n) is 6.69. The molecule has 2 aliphatic carbocycles. The van der Waals surface area contributed by atoms with E-state index >= 15 is 0 Å². The molecule has 120 valence electrons. The van der Waals surface area contributed by atoms with E-state index in [-0.39, 0.29) is 5.60 Å². The Morgan fingerprint density at radius 1 is 1.17 bits per heavy atom. The predicted octanol–water partition coefficient (Wildman–Crippen LogP) is 4.58. The van der Waals surface area contributed by atoms with Crippen LogP contribution in [0, 0.1) is 5.92 Å². The Labute approximate surface area is 140 Å². The summed E-state index contributed by atoms with van der Waals surface area (Å²) in [5, 5.41) is 3.16. The second kappa shape index (κ2) is 6.17. The lowest BCUT2D eigenvalue weighted by Gasteiger charge is -2.35. The van der Waals surface area contributed by atoms with E-state index in [9.17, 15) is 4.79 Å². The second-order valence-corrected chi connectivity index (χ2v) is 7.55. The van der Waals surface area contributed by atoms with Crippen molar-refractivity contribution < 1.29 is 9.53 Å². The van der Waals surface area contributed by atoms with Crippen LogP contribution in [-0.2, 0) is 15.1 Å². The van der Waals surface area contributed by atoms with Gasteiger partial charge in [0, 0.05) is 23.8 Å². The molecule has 0 saturated heterocycles. The number of ether oxygens (including phenoxy) is 1. The zero-order valence-electron chi connectivity index (χ0n) is 13.2. The van der Waals surface area contributed by atoms with Crippen LogP contribution in [0.5, 0.6) is 0 Å². The Balaban J connectivity index is 1.60. The molecule has 1 aromatic carbocycles. The quantitative estimate of drug-likeness (QED) is 0.807. The van der Waals surface area contributed by atoms with Gasteiger partial charge in [0.25, 0.3) is 0 Å². The molecule has 2 aliphatic rings. The minimum absolute atomic E-state index is 0.339. The molecule has 2 fully saturated rings. The number of ketones is 1. The molecule has 0 aliphatic heterocycles. The maximum Gasteiger partial charge on any atom is 0.133 e. The van der Waals surface area contributed by atoms with Crippen molar-refractivity contribution in [3.05, 3.63) is 40.7 Å². The minimum atomic E-state index is -0.339. The van der Waals surface area contributed by atoms with Crippen molar-refractivity contribution in [2.75, 3.05) is 6.61 Å². The third-order valence-corrected chi connectivity index (χ3v) is 5.90. The first-order chi connectivity index (χ1) is 11.3. The van der Waals surface area contributed by atoms with Crippen molar-refractivity contribution in [3.8, 4) is 11.3 Å². The molecule has 1 aromatic heterocycles. The molecule has 3 nitrogen and oxygen atoms in total. The van der Waals surface area contributed by atoms with E-state index in [2.05, 4.69) is 17.5 Å². The smallest absolute Gasteiger partial charge is 0.133 e. The largest absolute Gasteiger partial charge is 0.367 e. The summed E-state index contributed by atoms with van der Waals surface area (Å²) in [6.07, 6.45) is 5.35. The topological polar surface area (TPSA) is 39.2 Å². The number of aromatic nitrogens is 1. The molecule has 0 N–H and O–H groups in total. The predicted molar refractivity (Wildman–Crippen MR) is 91.4 cm³/mol. The lowest BCUT2D eigenvalue weighted by atomic mass is 9.84. The first-order valence-electron chi connectivity index (χ1n) is 8.42. The molecule has 23 heavy (non-hydrogen) atoms.